The van der Waals surface area contributed by atoms with Crippen molar-refractivity contribution in [1.82, 2.24) is 0 Å². The molecule has 1 atom stereocenters. The molecule has 0 fully saturated rings. The largest absolute Gasteiger partial charge is 0.350 e. The lowest BCUT2D eigenvalue weighted by Crippen LogP contribution is -1.80. The minimum atomic E-state index is -0.843. The average Bonchev–Trinajstić information content (AvgIpc) is 1.61. The van der Waals surface area contributed by atoms with Gasteiger partial charge in [-0.3, -0.25) is 0 Å². The zero-order chi connectivity index (χ0) is 4.83. The van der Waals surface area contributed by atoms with Crippen LogP contribution in [0.2, 0.25) is 0 Å². The molecule has 2 N–H and O–H groups in total. The summed E-state index contributed by atoms with van der Waals surface area (Å²) in [6.07, 6.45) is 0. The zero-order valence-electron chi connectivity index (χ0n) is 2.62. The van der Waals surface area contributed by atoms with Gasteiger partial charge in [0.25, 0.3) is 0 Å². The van der Waals surface area contributed by atoms with Crippen LogP contribution in [0, 0.1) is 0 Å². The lowest BCUT2D eigenvalue weighted by atomic mass is 14.4. The standard InChI is InChI=1S/H3O5P/c1-3-4-5-6-2/h1-2,6H. The Labute approximate surface area is 35.2 Å². The van der Waals surface area contributed by atoms with Gasteiger partial charge in [0, 0.05) is 0 Å². The van der Waals surface area contributed by atoms with Crippen molar-refractivity contribution in [3.8, 4) is 0 Å². The van der Waals surface area contributed by atoms with Crippen molar-refractivity contribution in [1.29, 1.82) is 0 Å². The Bertz CT molecular complexity index is 15.9. The van der Waals surface area contributed by atoms with Crippen LogP contribution in [-0.4, -0.2) is 10.2 Å². The molecule has 0 radical (unpaired) electrons. The molecule has 38 valence electrons. The summed E-state index contributed by atoms with van der Waals surface area (Å²) in [4.78, 5) is 7.69. The highest BCUT2D eigenvalue weighted by atomic mass is 31.1. The van der Waals surface area contributed by atoms with Crippen LogP contribution in [0.25, 0.3) is 0 Å². The third kappa shape index (κ3) is 4.23. The number of rotatable bonds is 3. The maximum absolute atomic E-state index is 7.69. The van der Waals surface area contributed by atoms with Crippen molar-refractivity contribution < 1.29 is 24.9 Å². The Morgan fingerprint density at radius 3 is 2.33 bits per heavy atom. The van der Waals surface area contributed by atoms with Crippen molar-refractivity contribution in [3.05, 3.63) is 0 Å². The van der Waals surface area contributed by atoms with Gasteiger partial charge in [-0.05, 0) is 10.1 Å². The van der Waals surface area contributed by atoms with Crippen LogP contribution in [-0.2, 0) is 14.8 Å². The van der Waals surface area contributed by atoms with Crippen LogP contribution in [0.3, 0.4) is 0 Å². The van der Waals surface area contributed by atoms with Crippen LogP contribution in [0.15, 0.2) is 0 Å². The van der Waals surface area contributed by atoms with Crippen molar-refractivity contribution in [2.75, 3.05) is 0 Å². The highest BCUT2D eigenvalue weighted by molar-refractivity contribution is 7.24. The Kier molecular flexibility index (Phi) is 5.43. The first-order chi connectivity index (χ1) is 2.91. The summed E-state index contributed by atoms with van der Waals surface area (Å²) in [5.41, 5.74) is 0. The summed E-state index contributed by atoms with van der Waals surface area (Å²) in [5, 5.41) is 13.5. The van der Waals surface area contributed by atoms with E-state index in [2.05, 4.69) is 14.8 Å². The van der Waals surface area contributed by atoms with Gasteiger partial charge in [-0.15, -0.1) is 0 Å². The van der Waals surface area contributed by atoms with E-state index >= 15 is 0 Å². The fraction of sp³-hybridized carbons (Fsp3) is 0. The van der Waals surface area contributed by atoms with E-state index in [-0.39, 0.29) is 0 Å². The van der Waals surface area contributed by atoms with Crippen molar-refractivity contribution >= 4 is 9.03 Å². The molecular weight excluding hydrogens is 111 g/mol. The molecule has 0 aromatic carbocycles. The fourth-order valence-electron chi connectivity index (χ4n) is 0.0304. The first-order valence-electron chi connectivity index (χ1n) is 0.944. The monoisotopic (exact) mass is 114 g/mol. The average molecular weight is 114 g/mol. The number of hydrogen-bond acceptors (Lipinski definition) is 5. The minimum Gasteiger partial charge on any atom is -0.350 e. The molecule has 1 unspecified atom stereocenters. The molecule has 0 bridgehead atoms. The van der Waals surface area contributed by atoms with Crippen LogP contribution in [0.5, 0.6) is 0 Å². The normalized spacial score (nSPS) is 11.0. The van der Waals surface area contributed by atoms with E-state index in [0.717, 1.165) is 0 Å². The summed E-state index contributed by atoms with van der Waals surface area (Å²) >= 11 is 0. The SMILES string of the molecule is OOOOPO. The first-order valence-corrected chi connectivity index (χ1v) is 1.80. The van der Waals surface area contributed by atoms with Crippen molar-refractivity contribution in [3.63, 3.8) is 0 Å². The van der Waals surface area contributed by atoms with Gasteiger partial charge in [-0.1, -0.05) is 0 Å². The summed E-state index contributed by atoms with van der Waals surface area (Å²) in [5.74, 6) is 0. The highest BCUT2D eigenvalue weighted by Crippen LogP contribution is 2.01. The predicted molar refractivity (Wildman–Crippen MR) is 16.4 cm³/mol. The minimum absolute atomic E-state index is 0.843. The van der Waals surface area contributed by atoms with Gasteiger partial charge < -0.3 is 4.89 Å². The van der Waals surface area contributed by atoms with Gasteiger partial charge in [-0.25, -0.2) is 5.26 Å². The molecule has 0 aliphatic rings. The Morgan fingerprint density at radius 1 is 1.50 bits per heavy atom. The van der Waals surface area contributed by atoms with E-state index in [1.54, 1.807) is 0 Å². The van der Waals surface area contributed by atoms with Gasteiger partial charge in [-0.2, -0.15) is 4.67 Å². The summed E-state index contributed by atoms with van der Waals surface area (Å²) in [7, 11) is -0.843. The van der Waals surface area contributed by atoms with E-state index < -0.39 is 9.03 Å². The molecule has 0 saturated heterocycles. The van der Waals surface area contributed by atoms with Gasteiger partial charge in [0.15, 0.2) is 9.03 Å². The maximum atomic E-state index is 7.69. The molecule has 0 rings (SSSR count). The quantitative estimate of drug-likeness (QED) is 0.231. The van der Waals surface area contributed by atoms with E-state index in [0.29, 0.717) is 0 Å². The molecule has 0 spiro atoms. The first kappa shape index (κ1) is 6.23. The third-order valence-electron chi connectivity index (χ3n) is 0.102. The van der Waals surface area contributed by atoms with Gasteiger partial charge in [0.05, 0.1) is 0 Å². The molecule has 6 heavy (non-hydrogen) atoms. The van der Waals surface area contributed by atoms with E-state index in [1.165, 1.54) is 0 Å². The highest BCUT2D eigenvalue weighted by Gasteiger charge is 1.76. The molecule has 0 aliphatic carbocycles. The molecule has 0 aromatic heterocycles. The third-order valence-corrected chi connectivity index (χ3v) is 0.244. The molecule has 0 aliphatic heterocycles. The Balaban J connectivity index is 2.34. The zero-order valence-corrected chi connectivity index (χ0v) is 3.62. The summed E-state index contributed by atoms with van der Waals surface area (Å²) in [6.45, 7) is 0. The van der Waals surface area contributed by atoms with E-state index in [4.69, 9.17) is 10.2 Å². The van der Waals surface area contributed by atoms with Crippen molar-refractivity contribution in [2.24, 2.45) is 0 Å². The van der Waals surface area contributed by atoms with Crippen molar-refractivity contribution in [2.45, 2.75) is 0 Å². The molecular formula is H3O5P. The van der Waals surface area contributed by atoms with Crippen LogP contribution in [0.4, 0.5) is 0 Å². The maximum Gasteiger partial charge on any atom is 0.195 e. The van der Waals surface area contributed by atoms with Gasteiger partial charge in [0.1, 0.15) is 0 Å². The lowest BCUT2D eigenvalue weighted by Gasteiger charge is -1.86. The molecule has 5 nitrogen and oxygen atoms in total. The van der Waals surface area contributed by atoms with E-state index in [9.17, 15) is 0 Å². The molecule has 0 aromatic rings. The van der Waals surface area contributed by atoms with Gasteiger partial charge >= 0.3 is 0 Å². The van der Waals surface area contributed by atoms with Crippen LogP contribution >= 0.6 is 9.03 Å². The predicted octanol–water partition coefficient (Wildman–Crippen LogP) is -0.160. The molecule has 6 heteroatoms. The Hall–Kier alpha value is 0.230. The number of hydrogen-bond donors (Lipinski definition) is 2. The van der Waals surface area contributed by atoms with Crippen LogP contribution in [0.1, 0.15) is 0 Å². The molecule has 0 heterocycles. The summed E-state index contributed by atoms with van der Waals surface area (Å²) in [6, 6.07) is 0. The topological polar surface area (TPSA) is 68.2 Å². The summed E-state index contributed by atoms with van der Waals surface area (Å²) < 4.78 is 3.59. The second-order valence-corrected chi connectivity index (χ2v) is 0.666. The van der Waals surface area contributed by atoms with Gasteiger partial charge in [0.2, 0.25) is 0 Å². The van der Waals surface area contributed by atoms with Crippen LogP contribution < -0.4 is 0 Å². The van der Waals surface area contributed by atoms with E-state index in [1.807, 2.05) is 0 Å². The second kappa shape index (κ2) is 5.23. The molecule has 0 saturated carbocycles. The second-order valence-electron chi connectivity index (χ2n) is 0.317. The Morgan fingerprint density at radius 2 is 2.17 bits per heavy atom. The molecule has 0 amide bonds. The fourth-order valence-corrected chi connectivity index (χ4v) is 0.0913. The lowest BCUT2D eigenvalue weighted by molar-refractivity contribution is -0.594. The smallest absolute Gasteiger partial charge is 0.195 e.